The van der Waals surface area contributed by atoms with Crippen molar-refractivity contribution in [3.05, 3.63) is 95.1 Å². The number of carbonyl (C=O) groups excluding carboxylic acids is 2. The lowest BCUT2D eigenvalue weighted by Crippen LogP contribution is -2.36. The van der Waals surface area contributed by atoms with Gasteiger partial charge in [-0.05, 0) is 64.6 Å². The Morgan fingerprint density at radius 1 is 0.878 bits per heavy atom. The first-order valence-electron chi connectivity index (χ1n) is 12.4. The number of nitrogens with one attached hydrogen (secondary N) is 2. The van der Waals surface area contributed by atoms with E-state index in [1.807, 2.05) is 12.1 Å². The van der Waals surface area contributed by atoms with Crippen LogP contribution in [0, 0.1) is 0 Å². The van der Waals surface area contributed by atoms with Gasteiger partial charge in [-0.1, -0.05) is 57.2 Å². The van der Waals surface area contributed by atoms with Crippen molar-refractivity contribution in [2.24, 2.45) is 0 Å². The minimum absolute atomic E-state index is 0.0920. The number of anilines is 1. The molecular weight excluding hydrogens is 541 g/mol. The highest BCUT2D eigenvalue weighted by Gasteiger charge is 2.31. The molecule has 0 radical (unpaired) electrons. The van der Waals surface area contributed by atoms with Gasteiger partial charge < -0.3 is 25.6 Å². The highest BCUT2D eigenvalue weighted by Crippen LogP contribution is 2.28. The van der Waals surface area contributed by atoms with Crippen molar-refractivity contribution in [3.8, 4) is 5.75 Å². The molecule has 216 valence electrons. The van der Waals surface area contributed by atoms with Crippen LogP contribution >= 0.6 is 0 Å². The molecule has 8 nitrogen and oxygen atoms in total. The smallest absolute Gasteiger partial charge is 0.481 e. The first-order valence-corrected chi connectivity index (χ1v) is 12.4. The van der Waals surface area contributed by atoms with Gasteiger partial charge in [0.15, 0.2) is 0 Å². The maximum absolute atomic E-state index is 13.4. The van der Waals surface area contributed by atoms with E-state index < -0.39 is 42.5 Å². The molecule has 0 aliphatic heterocycles. The van der Waals surface area contributed by atoms with Crippen LogP contribution in [-0.4, -0.2) is 40.6 Å². The molecule has 41 heavy (non-hydrogen) atoms. The lowest BCUT2D eigenvalue weighted by atomic mass is 9.87. The number of hydrogen-bond donors (Lipinski definition) is 4. The fourth-order valence-corrected chi connectivity index (χ4v) is 3.72. The highest BCUT2D eigenvalue weighted by atomic mass is 19.4. The topological polar surface area (TPSA) is 125 Å². The number of rotatable bonds is 9. The number of carboxylic acid groups (broad SMARTS) is 1. The monoisotopic (exact) mass is 570 g/mol. The Hall–Kier alpha value is -4.64. The lowest BCUT2D eigenvalue weighted by molar-refractivity contribution is -0.274. The zero-order valence-electron chi connectivity index (χ0n) is 22.5. The second-order valence-electron chi connectivity index (χ2n) is 10.1. The Balaban J connectivity index is 1.89. The molecule has 0 aromatic heterocycles. The molecule has 0 spiro atoms. The van der Waals surface area contributed by atoms with E-state index in [0.717, 1.165) is 17.7 Å². The summed E-state index contributed by atoms with van der Waals surface area (Å²) >= 11 is 0. The summed E-state index contributed by atoms with van der Waals surface area (Å²) in [5.41, 5.74) is 2.52. The second kappa shape index (κ2) is 12.7. The van der Waals surface area contributed by atoms with Crippen molar-refractivity contribution >= 4 is 35.1 Å². The second-order valence-corrected chi connectivity index (χ2v) is 10.1. The van der Waals surface area contributed by atoms with Gasteiger partial charge in [0, 0.05) is 16.8 Å². The number of ether oxygens (including phenoxy) is 1. The Bertz CT molecular complexity index is 1410. The van der Waals surface area contributed by atoms with Crippen LogP contribution in [-0.2, 0) is 15.0 Å². The van der Waals surface area contributed by atoms with Gasteiger partial charge in [0.05, 0.1) is 6.42 Å². The van der Waals surface area contributed by atoms with Crippen LogP contribution in [0.15, 0.2) is 72.8 Å². The van der Waals surface area contributed by atoms with E-state index in [4.69, 9.17) is 5.11 Å². The third kappa shape index (κ3) is 9.50. The molecule has 2 amide bonds. The average molecular weight is 571 g/mol. The summed E-state index contributed by atoms with van der Waals surface area (Å²) in [5.74, 6) is -2.96. The molecule has 0 aliphatic rings. The van der Waals surface area contributed by atoms with E-state index in [1.165, 1.54) is 42.5 Å². The Morgan fingerprint density at radius 3 is 1.95 bits per heavy atom. The van der Waals surface area contributed by atoms with Gasteiger partial charge in [0.2, 0.25) is 0 Å². The van der Waals surface area contributed by atoms with Gasteiger partial charge in [0.1, 0.15) is 12.0 Å². The number of aliphatic hydroxyl groups excluding tert-OH is 1. The third-order valence-corrected chi connectivity index (χ3v) is 5.80. The van der Waals surface area contributed by atoms with Crippen LogP contribution in [0.2, 0.25) is 0 Å². The molecule has 4 N–H and O–H groups in total. The van der Waals surface area contributed by atoms with Gasteiger partial charge >= 0.3 is 12.3 Å². The Morgan fingerprint density at radius 2 is 1.44 bits per heavy atom. The SMILES string of the molecule is CC(C)(C)c1ccc(NC(=O)C(=Cc2ccc(C(=O)NC(O)CC(=O)O)cc2)c2ccc(OC(F)(F)F)cc2)cc1. The van der Waals surface area contributed by atoms with Gasteiger partial charge in [-0.25, -0.2) is 0 Å². The molecule has 1 unspecified atom stereocenters. The predicted molar refractivity (Wildman–Crippen MR) is 147 cm³/mol. The van der Waals surface area contributed by atoms with E-state index in [-0.39, 0.29) is 16.6 Å². The van der Waals surface area contributed by atoms with Crippen molar-refractivity contribution in [3.63, 3.8) is 0 Å². The summed E-state index contributed by atoms with van der Waals surface area (Å²) in [7, 11) is 0. The molecule has 3 rings (SSSR count). The Kier molecular flexibility index (Phi) is 9.56. The van der Waals surface area contributed by atoms with Gasteiger partial charge in [0.25, 0.3) is 11.8 Å². The van der Waals surface area contributed by atoms with E-state index in [1.54, 1.807) is 12.1 Å². The average Bonchev–Trinajstić information content (AvgIpc) is 2.86. The number of halogens is 3. The number of alkyl halides is 3. The number of amides is 2. The summed E-state index contributed by atoms with van der Waals surface area (Å²) in [6.07, 6.45) is -5.61. The number of aliphatic carboxylic acids is 1. The number of benzene rings is 3. The minimum Gasteiger partial charge on any atom is -0.481 e. The summed E-state index contributed by atoms with van der Waals surface area (Å²) in [6.45, 7) is 6.17. The first-order chi connectivity index (χ1) is 19.1. The van der Waals surface area contributed by atoms with Crippen LogP contribution in [0.4, 0.5) is 18.9 Å². The third-order valence-electron chi connectivity index (χ3n) is 5.80. The van der Waals surface area contributed by atoms with Gasteiger partial charge in [-0.2, -0.15) is 0 Å². The van der Waals surface area contributed by atoms with Crippen molar-refractivity contribution in [2.75, 3.05) is 5.32 Å². The lowest BCUT2D eigenvalue weighted by Gasteiger charge is -2.19. The molecule has 3 aromatic carbocycles. The summed E-state index contributed by atoms with van der Waals surface area (Å²) in [4.78, 5) is 36.3. The van der Waals surface area contributed by atoms with Crippen molar-refractivity contribution in [1.82, 2.24) is 5.32 Å². The summed E-state index contributed by atoms with van der Waals surface area (Å²) in [5, 5.41) is 23.3. The molecule has 0 aliphatic carbocycles. The van der Waals surface area contributed by atoms with Crippen molar-refractivity contribution in [1.29, 1.82) is 0 Å². The largest absolute Gasteiger partial charge is 0.573 e. The maximum Gasteiger partial charge on any atom is 0.573 e. The molecule has 11 heteroatoms. The van der Waals surface area contributed by atoms with E-state index >= 15 is 0 Å². The molecular formula is C30H29F3N2O6. The number of aliphatic hydroxyl groups is 1. The molecule has 1 atom stereocenters. The first kappa shape index (κ1) is 30.9. The quantitative estimate of drug-likeness (QED) is 0.151. The van der Waals surface area contributed by atoms with Crippen LogP contribution in [0.3, 0.4) is 0 Å². The standard InChI is InChI=1S/C30H29F3N2O6/c1-29(2,3)21-10-12-22(13-11-21)34-28(40)24(19-8-14-23(15-9-19)41-30(31,32)33)16-18-4-6-20(7-5-18)27(39)35-25(36)17-26(37)38/h4-16,25,36H,17H2,1-3H3,(H,34,40)(H,35,39)(H,37,38). The van der Waals surface area contributed by atoms with Crippen LogP contribution in [0.25, 0.3) is 11.6 Å². The van der Waals surface area contributed by atoms with E-state index in [2.05, 4.69) is 36.1 Å². The number of carbonyl (C=O) groups is 3. The van der Waals surface area contributed by atoms with Gasteiger partial charge in [-0.15, -0.1) is 13.2 Å². The van der Waals surface area contributed by atoms with Gasteiger partial charge in [-0.3, -0.25) is 14.4 Å². The van der Waals surface area contributed by atoms with Crippen molar-refractivity contribution in [2.45, 2.75) is 45.2 Å². The van der Waals surface area contributed by atoms with E-state index in [0.29, 0.717) is 16.8 Å². The van der Waals surface area contributed by atoms with Crippen molar-refractivity contribution < 1.29 is 42.5 Å². The van der Waals surface area contributed by atoms with E-state index in [9.17, 15) is 32.7 Å². The Labute approximate surface area is 234 Å². The fraction of sp³-hybridized carbons (Fsp3) is 0.233. The molecule has 0 heterocycles. The van der Waals surface area contributed by atoms with Crippen LogP contribution in [0.1, 0.15) is 54.2 Å². The minimum atomic E-state index is -4.87. The summed E-state index contributed by atoms with van der Waals surface area (Å²) in [6, 6.07) is 18.0. The summed E-state index contributed by atoms with van der Waals surface area (Å²) < 4.78 is 41.8. The van der Waals surface area contributed by atoms with Crippen LogP contribution in [0.5, 0.6) is 5.75 Å². The predicted octanol–water partition coefficient (Wildman–Crippen LogP) is 5.58. The number of carboxylic acids is 1. The molecule has 0 bridgehead atoms. The molecule has 0 saturated carbocycles. The molecule has 3 aromatic rings. The maximum atomic E-state index is 13.4. The zero-order valence-corrected chi connectivity index (χ0v) is 22.5. The highest BCUT2D eigenvalue weighted by molar-refractivity contribution is 6.29. The number of hydrogen-bond acceptors (Lipinski definition) is 5. The normalized spacial score (nSPS) is 12.8. The van der Waals surface area contributed by atoms with Crippen LogP contribution < -0.4 is 15.4 Å². The molecule has 0 saturated heterocycles. The zero-order chi connectivity index (χ0) is 30.4. The molecule has 0 fully saturated rings. The fourth-order valence-electron chi connectivity index (χ4n) is 3.72.